The largest absolute Gasteiger partial charge is 0.492 e. The van der Waals surface area contributed by atoms with Crippen molar-refractivity contribution in [1.82, 2.24) is 5.32 Å². The highest BCUT2D eigenvalue weighted by Crippen LogP contribution is 2.27. The molecule has 0 atom stereocenters. The van der Waals surface area contributed by atoms with Gasteiger partial charge in [-0.2, -0.15) is 0 Å². The van der Waals surface area contributed by atoms with Crippen molar-refractivity contribution in [2.75, 3.05) is 50.8 Å². The topological polar surface area (TPSA) is 46.0 Å². The fraction of sp³-hybridized carbons (Fsp3) is 0.409. The summed E-state index contributed by atoms with van der Waals surface area (Å²) in [6.45, 7) is 7.58. The van der Waals surface area contributed by atoms with Gasteiger partial charge in [0.15, 0.2) is 6.54 Å². The Morgan fingerprint density at radius 2 is 1.96 bits per heavy atom. The van der Waals surface area contributed by atoms with Crippen molar-refractivity contribution in [2.24, 2.45) is 0 Å². The van der Waals surface area contributed by atoms with Gasteiger partial charge in [0.25, 0.3) is 5.91 Å². The molecule has 0 saturated carbocycles. The molecule has 0 bridgehead atoms. The number of hydrogen-bond donors (Lipinski definition) is 2. The summed E-state index contributed by atoms with van der Waals surface area (Å²) in [6.07, 6.45) is 0.795. The number of amides is 1. The van der Waals surface area contributed by atoms with Crippen LogP contribution in [0.2, 0.25) is 5.02 Å². The minimum Gasteiger partial charge on any atom is -0.492 e. The lowest BCUT2D eigenvalue weighted by molar-refractivity contribution is -0.892. The Morgan fingerprint density at radius 3 is 2.71 bits per heavy atom. The van der Waals surface area contributed by atoms with E-state index in [-0.39, 0.29) is 5.91 Å². The Morgan fingerprint density at radius 1 is 1.18 bits per heavy atom. The quantitative estimate of drug-likeness (QED) is 0.707. The van der Waals surface area contributed by atoms with E-state index in [1.807, 2.05) is 49.4 Å². The van der Waals surface area contributed by atoms with E-state index >= 15 is 0 Å². The Bertz CT molecular complexity index is 776. The van der Waals surface area contributed by atoms with E-state index < -0.39 is 0 Å². The van der Waals surface area contributed by atoms with Gasteiger partial charge in [-0.05, 0) is 43.2 Å². The Hall–Kier alpha value is -2.24. The Kier molecular flexibility index (Phi) is 7.57. The number of piperazine rings is 1. The summed E-state index contributed by atoms with van der Waals surface area (Å²) < 4.78 is 5.75. The minimum absolute atomic E-state index is 0.111. The number of halogens is 1. The standard InChI is InChI=1S/C22H28ClN3O2/c1-2-28-21-9-4-3-8-20(21)26-14-12-25(13-15-26)17-22(27)24-11-10-18-6-5-7-19(23)16-18/h3-9,16H,2,10-15,17H2,1H3,(H,24,27)/p+1. The minimum atomic E-state index is 0.111. The first-order valence-corrected chi connectivity index (χ1v) is 10.3. The maximum atomic E-state index is 12.3. The Labute approximate surface area is 172 Å². The van der Waals surface area contributed by atoms with Crippen molar-refractivity contribution < 1.29 is 14.4 Å². The van der Waals surface area contributed by atoms with Crippen molar-refractivity contribution in [3.05, 3.63) is 59.1 Å². The molecule has 2 aromatic rings. The van der Waals surface area contributed by atoms with Crippen LogP contribution in [-0.2, 0) is 11.2 Å². The molecule has 28 heavy (non-hydrogen) atoms. The van der Waals surface area contributed by atoms with Crippen LogP contribution in [-0.4, -0.2) is 51.8 Å². The predicted octanol–water partition coefficient (Wildman–Crippen LogP) is 1.80. The highest BCUT2D eigenvalue weighted by Gasteiger charge is 2.23. The molecule has 0 spiro atoms. The normalized spacial score (nSPS) is 14.7. The third-order valence-corrected chi connectivity index (χ3v) is 5.25. The summed E-state index contributed by atoms with van der Waals surface area (Å²) in [5, 5.41) is 3.76. The first-order valence-electron chi connectivity index (χ1n) is 9.97. The van der Waals surface area contributed by atoms with Gasteiger partial charge >= 0.3 is 0 Å². The summed E-state index contributed by atoms with van der Waals surface area (Å²) in [7, 11) is 0. The van der Waals surface area contributed by atoms with Gasteiger partial charge in [-0.15, -0.1) is 0 Å². The van der Waals surface area contributed by atoms with Crippen LogP contribution in [0.1, 0.15) is 12.5 Å². The number of carbonyl (C=O) groups is 1. The molecular weight excluding hydrogens is 374 g/mol. The fourth-order valence-corrected chi connectivity index (χ4v) is 3.78. The first-order chi connectivity index (χ1) is 13.7. The lowest BCUT2D eigenvalue weighted by Gasteiger charge is -2.34. The molecule has 0 unspecified atom stereocenters. The average Bonchev–Trinajstić information content (AvgIpc) is 2.69. The third-order valence-electron chi connectivity index (χ3n) is 5.01. The molecule has 5 nitrogen and oxygen atoms in total. The van der Waals surface area contributed by atoms with Crippen LogP contribution in [0.5, 0.6) is 5.75 Å². The number of para-hydroxylation sites is 2. The number of quaternary nitrogens is 1. The number of anilines is 1. The van der Waals surface area contributed by atoms with E-state index in [1.54, 1.807) is 0 Å². The molecule has 1 aliphatic heterocycles. The van der Waals surface area contributed by atoms with Crippen molar-refractivity contribution >= 4 is 23.2 Å². The average molecular weight is 403 g/mol. The van der Waals surface area contributed by atoms with Crippen LogP contribution in [0.15, 0.2) is 48.5 Å². The molecular formula is C22H29ClN3O2+. The molecule has 6 heteroatoms. The van der Waals surface area contributed by atoms with Crippen LogP contribution in [0, 0.1) is 0 Å². The third kappa shape index (κ3) is 5.88. The van der Waals surface area contributed by atoms with Gasteiger partial charge in [0.2, 0.25) is 0 Å². The number of carbonyl (C=O) groups excluding carboxylic acids is 1. The molecule has 1 amide bonds. The first kappa shape index (κ1) is 20.5. The van der Waals surface area contributed by atoms with Crippen molar-refractivity contribution in [2.45, 2.75) is 13.3 Å². The zero-order chi connectivity index (χ0) is 19.8. The van der Waals surface area contributed by atoms with Gasteiger partial charge in [-0.25, -0.2) is 0 Å². The molecule has 150 valence electrons. The molecule has 1 heterocycles. The molecule has 3 rings (SSSR count). The number of hydrogen-bond acceptors (Lipinski definition) is 3. The van der Waals surface area contributed by atoms with Crippen molar-refractivity contribution in [3.8, 4) is 5.75 Å². The predicted molar refractivity (Wildman–Crippen MR) is 114 cm³/mol. The van der Waals surface area contributed by atoms with E-state index in [2.05, 4.69) is 16.3 Å². The maximum absolute atomic E-state index is 12.3. The SMILES string of the molecule is CCOc1ccccc1N1CC[NH+](CC(=O)NCCc2cccc(Cl)c2)CC1. The van der Waals surface area contributed by atoms with Gasteiger partial charge in [0, 0.05) is 11.6 Å². The second-order valence-electron chi connectivity index (χ2n) is 7.04. The van der Waals surface area contributed by atoms with Crippen LogP contribution >= 0.6 is 11.6 Å². The van der Waals surface area contributed by atoms with E-state index in [0.29, 0.717) is 19.7 Å². The highest BCUT2D eigenvalue weighted by molar-refractivity contribution is 6.30. The fourth-order valence-electron chi connectivity index (χ4n) is 3.56. The summed E-state index contributed by atoms with van der Waals surface area (Å²) in [6, 6.07) is 15.9. The van der Waals surface area contributed by atoms with Gasteiger partial charge in [-0.1, -0.05) is 35.9 Å². The summed E-state index contributed by atoms with van der Waals surface area (Å²) >= 11 is 6.00. The lowest BCUT2D eigenvalue weighted by atomic mass is 10.1. The van der Waals surface area contributed by atoms with Crippen molar-refractivity contribution in [3.63, 3.8) is 0 Å². The van der Waals surface area contributed by atoms with Gasteiger partial charge < -0.3 is 19.9 Å². The molecule has 1 aliphatic rings. The van der Waals surface area contributed by atoms with E-state index in [4.69, 9.17) is 16.3 Å². The van der Waals surface area contributed by atoms with Gasteiger partial charge in [-0.3, -0.25) is 4.79 Å². The van der Waals surface area contributed by atoms with Gasteiger partial charge in [0.05, 0.1) is 38.5 Å². The zero-order valence-electron chi connectivity index (χ0n) is 16.4. The van der Waals surface area contributed by atoms with E-state index in [9.17, 15) is 4.79 Å². The summed E-state index contributed by atoms with van der Waals surface area (Å²) in [4.78, 5) is 15.9. The van der Waals surface area contributed by atoms with Gasteiger partial charge in [0.1, 0.15) is 5.75 Å². The van der Waals surface area contributed by atoms with Crippen LogP contribution in [0.25, 0.3) is 0 Å². The van der Waals surface area contributed by atoms with E-state index in [1.165, 1.54) is 4.90 Å². The zero-order valence-corrected chi connectivity index (χ0v) is 17.2. The smallest absolute Gasteiger partial charge is 0.275 e. The van der Waals surface area contributed by atoms with Crippen molar-refractivity contribution in [1.29, 1.82) is 0 Å². The molecule has 0 radical (unpaired) electrons. The molecule has 1 saturated heterocycles. The maximum Gasteiger partial charge on any atom is 0.275 e. The Balaban J connectivity index is 1.41. The summed E-state index contributed by atoms with van der Waals surface area (Å²) in [5.41, 5.74) is 2.29. The second kappa shape index (κ2) is 10.3. The van der Waals surface area contributed by atoms with Crippen LogP contribution in [0.3, 0.4) is 0 Å². The molecule has 0 aromatic heterocycles. The molecule has 2 aromatic carbocycles. The summed E-state index contributed by atoms with van der Waals surface area (Å²) in [5.74, 6) is 1.05. The molecule has 1 fully saturated rings. The van der Waals surface area contributed by atoms with Crippen LogP contribution in [0.4, 0.5) is 5.69 Å². The highest BCUT2D eigenvalue weighted by atomic mass is 35.5. The van der Waals surface area contributed by atoms with E-state index in [0.717, 1.165) is 54.6 Å². The molecule has 0 aliphatic carbocycles. The number of rotatable bonds is 8. The number of ether oxygens (including phenoxy) is 1. The number of benzene rings is 2. The monoisotopic (exact) mass is 402 g/mol. The lowest BCUT2D eigenvalue weighted by Crippen LogP contribution is -3.16. The molecule has 2 N–H and O–H groups in total. The van der Waals surface area contributed by atoms with Crippen LogP contribution < -0.4 is 19.9 Å². The number of nitrogens with one attached hydrogen (secondary N) is 2. The second-order valence-corrected chi connectivity index (χ2v) is 7.48. The number of nitrogens with zero attached hydrogens (tertiary/aromatic N) is 1.